The molecular weight excluding hydrogens is 234 g/mol. The molecule has 1 saturated carbocycles. The van der Waals surface area contributed by atoms with Gasteiger partial charge in [0.2, 0.25) is 0 Å². The fourth-order valence-electron chi connectivity index (χ4n) is 2.44. The molecule has 0 heterocycles. The summed E-state index contributed by atoms with van der Waals surface area (Å²) in [6.07, 6.45) is 5.89. The van der Waals surface area contributed by atoms with Crippen LogP contribution in [0.4, 0.5) is 14.5 Å². The van der Waals surface area contributed by atoms with E-state index in [0.29, 0.717) is 12.5 Å². The summed E-state index contributed by atoms with van der Waals surface area (Å²) in [6, 6.07) is 3.86. The van der Waals surface area contributed by atoms with Gasteiger partial charge < -0.3 is 5.32 Å². The van der Waals surface area contributed by atoms with Crippen LogP contribution < -0.4 is 5.32 Å². The summed E-state index contributed by atoms with van der Waals surface area (Å²) < 4.78 is 27.2. The first-order chi connectivity index (χ1) is 8.70. The lowest BCUT2D eigenvalue weighted by atomic mass is 9.89. The van der Waals surface area contributed by atoms with Crippen LogP contribution in [0.2, 0.25) is 0 Å². The maximum absolute atomic E-state index is 13.6. The fourth-order valence-corrected chi connectivity index (χ4v) is 2.44. The van der Waals surface area contributed by atoms with E-state index < -0.39 is 11.6 Å². The minimum atomic E-state index is -0.692. The topological polar surface area (TPSA) is 35.8 Å². The van der Waals surface area contributed by atoms with Crippen LogP contribution in [-0.2, 0) is 0 Å². The van der Waals surface area contributed by atoms with Crippen molar-refractivity contribution in [1.29, 1.82) is 5.26 Å². The molecule has 2 nitrogen and oxygen atoms in total. The summed E-state index contributed by atoms with van der Waals surface area (Å²) in [5.74, 6) is -0.891. The summed E-state index contributed by atoms with van der Waals surface area (Å²) in [5, 5.41) is 11.5. The van der Waals surface area contributed by atoms with Crippen molar-refractivity contribution in [2.45, 2.75) is 32.1 Å². The normalized spacial score (nSPS) is 16.3. The van der Waals surface area contributed by atoms with E-state index in [4.69, 9.17) is 5.26 Å². The van der Waals surface area contributed by atoms with Crippen molar-refractivity contribution < 1.29 is 8.78 Å². The first-order valence-corrected chi connectivity index (χ1v) is 6.33. The largest absolute Gasteiger partial charge is 0.380 e. The molecule has 1 aliphatic rings. The third-order valence-corrected chi connectivity index (χ3v) is 3.46. The Balaban J connectivity index is 2.02. The molecule has 2 rings (SSSR count). The lowest BCUT2D eigenvalue weighted by Crippen LogP contribution is -2.18. The van der Waals surface area contributed by atoms with Gasteiger partial charge in [0.25, 0.3) is 0 Å². The molecule has 1 fully saturated rings. The highest BCUT2D eigenvalue weighted by Crippen LogP contribution is 2.26. The van der Waals surface area contributed by atoms with Gasteiger partial charge in [0.15, 0.2) is 11.6 Å². The fraction of sp³-hybridized carbons (Fsp3) is 0.500. The standard InChI is InChI=1S/C14H16F2N2/c15-12-6-11(8-17)7-13(16)14(12)18-9-10-4-2-1-3-5-10/h6-7,10,18H,1-5,9H2. The van der Waals surface area contributed by atoms with Crippen LogP contribution in [-0.4, -0.2) is 6.54 Å². The van der Waals surface area contributed by atoms with E-state index in [2.05, 4.69) is 5.32 Å². The number of anilines is 1. The summed E-state index contributed by atoms with van der Waals surface area (Å²) in [6.45, 7) is 0.597. The Morgan fingerprint density at radius 3 is 2.33 bits per heavy atom. The Bertz CT molecular complexity index is 436. The van der Waals surface area contributed by atoms with Gasteiger partial charge in [-0.2, -0.15) is 5.26 Å². The minimum absolute atomic E-state index is 0.00761. The molecule has 1 aromatic carbocycles. The van der Waals surface area contributed by atoms with E-state index in [9.17, 15) is 8.78 Å². The molecule has 0 spiro atoms. The number of hydrogen-bond acceptors (Lipinski definition) is 2. The molecule has 96 valence electrons. The monoisotopic (exact) mass is 250 g/mol. The Labute approximate surface area is 106 Å². The van der Waals surface area contributed by atoms with Crippen LogP contribution >= 0.6 is 0 Å². The van der Waals surface area contributed by atoms with Gasteiger partial charge >= 0.3 is 0 Å². The molecule has 0 bridgehead atoms. The van der Waals surface area contributed by atoms with Crippen molar-refractivity contribution in [2.75, 3.05) is 11.9 Å². The molecule has 4 heteroatoms. The maximum Gasteiger partial charge on any atom is 0.150 e. The molecule has 1 N–H and O–H groups in total. The first kappa shape index (κ1) is 12.8. The lowest BCUT2D eigenvalue weighted by Gasteiger charge is -2.22. The Morgan fingerprint density at radius 1 is 1.17 bits per heavy atom. The number of rotatable bonds is 3. The zero-order valence-electron chi connectivity index (χ0n) is 10.2. The van der Waals surface area contributed by atoms with Crippen molar-refractivity contribution in [2.24, 2.45) is 5.92 Å². The number of hydrogen-bond donors (Lipinski definition) is 1. The molecule has 0 aliphatic heterocycles. The second-order valence-corrected chi connectivity index (χ2v) is 4.81. The molecule has 0 atom stereocenters. The van der Waals surface area contributed by atoms with Gasteiger partial charge in [-0.3, -0.25) is 0 Å². The van der Waals surface area contributed by atoms with Crippen molar-refractivity contribution in [3.63, 3.8) is 0 Å². The maximum atomic E-state index is 13.6. The van der Waals surface area contributed by atoms with Crippen LogP contribution in [0.5, 0.6) is 0 Å². The van der Waals surface area contributed by atoms with Gasteiger partial charge in [0, 0.05) is 6.54 Å². The highest BCUT2D eigenvalue weighted by molar-refractivity contribution is 5.50. The summed E-state index contributed by atoms with van der Waals surface area (Å²) in [7, 11) is 0. The van der Waals surface area contributed by atoms with Crippen LogP contribution in [0.15, 0.2) is 12.1 Å². The molecular formula is C14H16F2N2. The van der Waals surface area contributed by atoms with Crippen molar-refractivity contribution >= 4 is 5.69 Å². The molecule has 1 aliphatic carbocycles. The SMILES string of the molecule is N#Cc1cc(F)c(NCC2CCCCC2)c(F)c1. The zero-order valence-corrected chi connectivity index (χ0v) is 10.2. The Morgan fingerprint density at radius 2 is 1.78 bits per heavy atom. The second kappa shape index (κ2) is 5.81. The number of nitrogens with zero attached hydrogens (tertiary/aromatic N) is 1. The number of halogens is 2. The van der Waals surface area contributed by atoms with Crippen LogP contribution in [0, 0.1) is 28.9 Å². The molecule has 1 aromatic rings. The second-order valence-electron chi connectivity index (χ2n) is 4.81. The van der Waals surface area contributed by atoms with E-state index in [-0.39, 0.29) is 11.3 Å². The average molecular weight is 250 g/mol. The van der Waals surface area contributed by atoms with Crippen molar-refractivity contribution in [3.8, 4) is 6.07 Å². The van der Waals surface area contributed by atoms with E-state index in [1.54, 1.807) is 6.07 Å². The van der Waals surface area contributed by atoms with Gasteiger partial charge in [-0.1, -0.05) is 19.3 Å². The van der Waals surface area contributed by atoms with Gasteiger partial charge in [-0.25, -0.2) is 8.78 Å². The summed E-state index contributed by atoms with van der Waals surface area (Å²) in [4.78, 5) is 0. The highest BCUT2D eigenvalue weighted by atomic mass is 19.1. The smallest absolute Gasteiger partial charge is 0.150 e. The van der Waals surface area contributed by atoms with Gasteiger partial charge in [0.05, 0.1) is 11.6 Å². The molecule has 0 radical (unpaired) electrons. The van der Waals surface area contributed by atoms with E-state index >= 15 is 0 Å². The highest BCUT2D eigenvalue weighted by Gasteiger charge is 2.16. The average Bonchev–Trinajstić information content (AvgIpc) is 2.38. The number of nitrogens with one attached hydrogen (secondary N) is 1. The molecule has 18 heavy (non-hydrogen) atoms. The minimum Gasteiger partial charge on any atom is -0.380 e. The molecule has 0 saturated heterocycles. The van der Waals surface area contributed by atoms with E-state index in [1.807, 2.05) is 0 Å². The number of nitriles is 1. The predicted molar refractivity (Wildman–Crippen MR) is 66.1 cm³/mol. The quantitative estimate of drug-likeness (QED) is 0.885. The Hall–Kier alpha value is -1.63. The summed E-state index contributed by atoms with van der Waals surface area (Å²) in [5.41, 5.74) is -0.104. The summed E-state index contributed by atoms with van der Waals surface area (Å²) >= 11 is 0. The first-order valence-electron chi connectivity index (χ1n) is 6.33. The molecule has 0 aromatic heterocycles. The van der Waals surface area contributed by atoms with Gasteiger partial charge in [-0.05, 0) is 30.9 Å². The molecule has 0 unspecified atom stereocenters. The van der Waals surface area contributed by atoms with Crippen LogP contribution in [0.1, 0.15) is 37.7 Å². The van der Waals surface area contributed by atoms with Crippen LogP contribution in [0.25, 0.3) is 0 Å². The lowest BCUT2D eigenvalue weighted by molar-refractivity contribution is 0.372. The van der Waals surface area contributed by atoms with E-state index in [0.717, 1.165) is 25.0 Å². The van der Waals surface area contributed by atoms with E-state index in [1.165, 1.54) is 19.3 Å². The number of benzene rings is 1. The third-order valence-electron chi connectivity index (χ3n) is 3.46. The van der Waals surface area contributed by atoms with Crippen molar-refractivity contribution in [1.82, 2.24) is 0 Å². The van der Waals surface area contributed by atoms with Crippen molar-refractivity contribution in [3.05, 3.63) is 29.3 Å². The predicted octanol–water partition coefficient (Wildman–Crippen LogP) is 3.83. The molecule has 0 amide bonds. The Kier molecular flexibility index (Phi) is 4.14. The van der Waals surface area contributed by atoms with Gasteiger partial charge in [0.1, 0.15) is 5.69 Å². The van der Waals surface area contributed by atoms with Crippen LogP contribution in [0.3, 0.4) is 0 Å². The van der Waals surface area contributed by atoms with Gasteiger partial charge in [-0.15, -0.1) is 0 Å². The zero-order chi connectivity index (χ0) is 13.0. The third kappa shape index (κ3) is 2.98.